The summed E-state index contributed by atoms with van der Waals surface area (Å²) >= 11 is 3.94. The molecule has 0 spiro atoms. The van der Waals surface area contributed by atoms with Gasteiger partial charge in [0.1, 0.15) is 6.10 Å². The van der Waals surface area contributed by atoms with Crippen molar-refractivity contribution in [3.05, 3.63) is 34.9 Å². The van der Waals surface area contributed by atoms with Gasteiger partial charge in [0.15, 0.2) is 0 Å². The molecule has 3 heteroatoms. The number of hydrogen-bond donors (Lipinski definition) is 3. The molecule has 0 saturated heterocycles. The molecule has 1 aromatic rings. The van der Waals surface area contributed by atoms with Crippen LogP contribution in [0, 0.1) is 13.8 Å². The SMILES string of the molecule is Cc1ccc(C(O)C(O)CS)cc1C. The van der Waals surface area contributed by atoms with Gasteiger partial charge in [-0.15, -0.1) is 0 Å². The van der Waals surface area contributed by atoms with Gasteiger partial charge in [0.2, 0.25) is 0 Å². The first-order chi connectivity index (χ1) is 6.56. The van der Waals surface area contributed by atoms with E-state index in [1.165, 1.54) is 5.56 Å². The Labute approximate surface area is 90.0 Å². The summed E-state index contributed by atoms with van der Waals surface area (Å²) in [6.45, 7) is 4.00. The minimum absolute atomic E-state index is 0.258. The zero-order valence-electron chi connectivity index (χ0n) is 8.44. The molecule has 0 heterocycles. The third-order valence-electron chi connectivity index (χ3n) is 2.42. The van der Waals surface area contributed by atoms with Crippen LogP contribution in [0.4, 0.5) is 0 Å². The molecular formula is C11H16O2S. The minimum Gasteiger partial charge on any atom is -0.389 e. The molecule has 0 saturated carbocycles. The summed E-state index contributed by atoms with van der Waals surface area (Å²) in [7, 11) is 0. The highest BCUT2D eigenvalue weighted by Crippen LogP contribution is 2.20. The zero-order valence-corrected chi connectivity index (χ0v) is 9.33. The largest absolute Gasteiger partial charge is 0.389 e. The second-order valence-electron chi connectivity index (χ2n) is 3.54. The lowest BCUT2D eigenvalue weighted by Gasteiger charge is -2.17. The lowest BCUT2D eigenvalue weighted by Crippen LogP contribution is -2.19. The van der Waals surface area contributed by atoms with Gasteiger partial charge in [-0.3, -0.25) is 0 Å². The van der Waals surface area contributed by atoms with Crippen molar-refractivity contribution in [2.75, 3.05) is 5.75 Å². The highest BCUT2D eigenvalue weighted by atomic mass is 32.1. The van der Waals surface area contributed by atoms with Gasteiger partial charge in [-0.05, 0) is 30.5 Å². The molecule has 78 valence electrons. The van der Waals surface area contributed by atoms with Crippen LogP contribution in [-0.4, -0.2) is 22.1 Å². The van der Waals surface area contributed by atoms with Crippen molar-refractivity contribution >= 4 is 12.6 Å². The second kappa shape index (κ2) is 4.82. The summed E-state index contributed by atoms with van der Waals surface area (Å²) in [5.74, 6) is 0.258. The number of hydrogen-bond acceptors (Lipinski definition) is 3. The molecule has 0 aliphatic rings. The third-order valence-corrected chi connectivity index (χ3v) is 2.80. The van der Waals surface area contributed by atoms with Crippen molar-refractivity contribution in [2.24, 2.45) is 0 Å². The normalized spacial score (nSPS) is 15.2. The van der Waals surface area contributed by atoms with Gasteiger partial charge in [0, 0.05) is 5.75 Å². The van der Waals surface area contributed by atoms with Crippen LogP contribution in [-0.2, 0) is 0 Å². The predicted octanol–water partition coefficient (Wildman–Crippen LogP) is 1.63. The molecule has 2 N–H and O–H groups in total. The number of aliphatic hydroxyl groups is 2. The maximum atomic E-state index is 9.71. The van der Waals surface area contributed by atoms with E-state index >= 15 is 0 Å². The first-order valence-corrected chi connectivity index (χ1v) is 5.23. The summed E-state index contributed by atoms with van der Waals surface area (Å²) in [5, 5.41) is 19.1. The highest BCUT2D eigenvalue weighted by Gasteiger charge is 2.16. The molecular weight excluding hydrogens is 196 g/mol. The molecule has 1 rings (SSSR count). The first-order valence-electron chi connectivity index (χ1n) is 4.60. The Bertz CT molecular complexity index is 312. The summed E-state index contributed by atoms with van der Waals surface area (Å²) in [6.07, 6.45) is -1.65. The molecule has 2 unspecified atom stereocenters. The molecule has 2 atom stereocenters. The summed E-state index contributed by atoms with van der Waals surface area (Å²) in [6, 6.07) is 5.67. The van der Waals surface area contributed by atoms with Crippen molar-refractivity contribution in [3.8, 4) is 0 Å². The molecule has 1 aromatic carbocycles. The third kappa shape index (κ3) is 2.50. The maximum absolute atomic E-state index is 9.71. The molecule has 0 radical (unpaired) electrons. The summed E-state index contributed by atoms with van der Waals surface area (Å²) in [5.41, 5.74) is 3.05. The van der Waals surface area contributed by atoms with Crippen molar-refractivity contribution in [1.82, 2.24) is 0 Å². The number of thiol groups is 1. The number of benzene rings is 1. The lowest BCUT2D eigenvalue weighted by atomic mass is 10.0. The molecule has 0 fully saturated rings. The van der Waals surface area contributed by atoms with E-state index in [4.69, 9.17) is 0 Å². The molecule has 0 aliphatic heterocycles. The fourth-order valence-corrected chi connectivity index (χ4v) is 1.47. The van der Waals surface area contributed by atoms with Crippen LogP contribution in [0.1, 0.15) is 22.8 Å². The Kier molecular flexibility index (Phi) is 3.98. The Morgan fingerprint density at radius 1 is 1.21 bits per heavy atom. The van der Waals surface area contributed by atoms with Crippen LogP contribution in [0.5, 0.6) is 0 Å². The Morgan fingerprint density at radius 2 is 1.86 bits per heavy atom. The van der Waals surface area contributed by atoms with Gasteiger partial charge >= 0.3 is 0 Å². The smallest absolute Gasteiger partial charge is 0.106 e. The predicted molar refractivity (Wildman–Crippen MR) is 60.7 cm³/mol. The van der Waals surface area contributed by atoms with Gasteiger partial charge in [0.05, 0.1) is 6.10 Å². The number of aliphatic hydroxyl groups excluding tert-OH is 2. The average Bonchev–Trinajstić information content (AvgIpc) is 2.20. The molecule has 0 aromatic heterocycles. The van der Waals surface area contributed by atoms with E-state index in [-0.39, 0.29) is 5.75 Å². The first kappa shape index (κ1) is 11.6. The van der Waals surface area contributed by atoms with Crippen LogP contribution in [0.25, 0.3) is 0 Å². The number of aryl methyl sites for hydroxylation is 2. The van der Waals surface area contributed by atoms with Gasteiger partial charge in [0.25, 0.3) is 0 Å². The van der Waals surface area contributed by atoms with E-state index in [0.29, 0.717) is 0 Å². The topological polar surface area (TPSA) is 40.5 Å². The summed E-state index contributed by atoms with van der Waals surface area (Å²) < 4.78 is 0. The van der Waals surface area contributed by atoms with Crippen LogP contribution in [0.2, 0.25) is 0 Å². The highest BCUT2D eigenvalue weighted by molar-refractivity contribution is 7.80. The Hall–Kier alpha value is -0.510. The molecule has 14 heavy (non-hydrogen) atoms. The number of rotatable bonds is 3. The van der Waals surface area contributed by atoms with Crippen molar-refractivity contribution in [3.63, 3.8) is 0 Å². The second-order valence-corrected chi connectivity index (χ2v) is 3.90. The monoisotopic (exact) mass is 212 g/mol. The van der Waals surface area contributed by atoms with E-state index in [1.54, 1.807) is 0 Å². The summed E-state index contributed by atoms with van der Waals surface area (Å²) in [4.78, 5) is 0. The minimum atomic E-state index is -0.841. The lowest BCUT2D eigenvalue weighted by molar-refractivity contribution is 0.0337. The molecule has 0 amide bonds. The fraction of sp³-hybridized carbons (Fsp3) is 0.455. The van der Waals surface area contributed by atoms with E-state index in [2.05, 4.69) is 12.6 Å². The van der Waals surface area contributed by atoms with Crippen molar-refractivity contribution in [2.45, 2.75) is 26.1 Å². The van der Waals surface area contributed by atoms with Crippen LogP contribution in [0.3, 0.4) is 0 Å². The Morgan fingerprint density at radius 3 is 2.36 bits per heavy atom. The van der Waals surface area contributed by atoms with E-state index in [0.717, 1.165) is 11.1 Å². The van der Waals surface area contributed by atoms with Crippen molar-refractivity contribution < 1.29 is 10.2 Å². The Balaban J connectivity index is 2.91. The van der Waals surface area contributed by atoms with Gasteiger partial charge in [-0.1, -0.05) is 18.2 Å². The zero-order chi connectivity index (χ0) is 10.7. The van der Waals surface area contributed by atoms with E-state index in [1.807, 2.05) is 32.0 Å². The quantitative estimate of drug-likeness (QED) is 0.666. The van der Waals surface area contributed by atoms with Gasteiger partial charge < -0.3 is 10.2 Å². The van der Waals surface area contributed by atoms with Crippen LogP contribution in [0.15, 0.2) is 18.2 Å². The van der Waals surface area contributed by atoms with Gasteiger partial charge in [-0.25, -0.2) is 0 Å². The van der Waals surface area contributed by atoms with Gasteiger partial charge in [-0.2, -0.15) is 12.6 Å². The van der Waals surface area contributed by atoms with Crippen LogP contribution >= 0.6 is 12.6 Å². The maximum Gasteiger partial charge on any atom is 0.106 e. The molecule has 0 bridgehead atoms. The van der Waals surface area contributed by atoms with Crippen LogP contribution < -0.4 is 0 Å². The van der Waals surface area contributed by atoms with E-state index < -0.39 is 12.2 Å². The fourth-order valence-electron chi connectivity index (χ4n) is 1.27. The molecule has 0 aliphatic carbocycles. The van der Waals surface area contributed by atoms with Crippen molar-refractivity contribution in [1.29, 1.82) is 0 Å². The van der Waals surface area contributed by atoms with E-state index in [9.17, 15) is 10.2 Å². The average molecular weight is 212 g/mol. The molecule has 2 nitrogen and oxygen atoms in total. The standard InChI is InChI=1S/C11H16O2S/c1-7-3-4-9(5-8(7)2)11(13)10(12)6-14/h3-5,10-14H,6H2,1-2H3.